The highest BCUT2D eigenvalue weighted by Gasteiger charge is 2.13. The summed E-state index contributed by atoms with van der Waals surface area (Å²) in [5.74, 6) is 0. The standard InChI is InChI=1S/C12H20N6/c1-8(2)18-10(4)12(9(3)15-18)13-6-11-7-17(5)16-14-11/h7-8,13H,6H2,1-5H3. The van der Waals surface area contributed by atoms with E-state index >= 15 is 0 Å². The Morgan fingerprint density at radius 1 is 1.33 bits per heavy atom. The van der Waals surface area contributed by atoms with E-state index in [9.17, 15) is 0 Å². The molecule has 6 nitrogen and oxygen atoms in total. The second-order valence-electron chi connectivity index (χ2n) is 4.82. The number of rotatable bonds is 4. The molecular formula is C12H20N6. The topological polar surface area (TPSA) is 60.6 Å². The van der Waals surface area contributed by atoms with Crippen LogP contribution in [0.4, 0.5) is 5.69 Å². The van der Waals surface area contributed by atoms with Gasteiger partial charge in [-0.05, 0) is 27.7 Å². The summed E-state index contributed by atoms with van der Waals surface area (Å²) in [6, 6.07) is 0.371. The van der Waals surface area contributed by atoms with Crippen LogP contribution in [0.2, 0.25) is 0 Å². The summed E-state index contributed by atoms with van der Waals surface area (Å²) in [6.45, 7) is 9.03. The van der Waals surface area contributed by atoms with Crippen molar-refractivity contribution >= 4 is 5.69 Å². The van der Waals surface area contributed by atoms with Gasteiger partial charge in [0.2, 0.25) is 0 Å². The highest BCUT2D eigenvalue weighted by Crippen LogP contribution is 2.22. The zero-order valence-electron chi connectivity index (χ0n) is 11.6. The van der Waals surface area contributed by atoms with Crippen LogP contribution in [0.3, 0.4) is 0 Å². The third-order valence-electron chi connectivity index (χ3n) is 2.91. The Labute approximate surface area is 107 Å². The first kappa shape index (κ1) is 12.6. The number of nitrogens with zero attached hydrogens (tertiary/aromatic N) is 5. The van der Waals surface area contributed by atoms with Crippen LogP contribution in [0.1, 0.15) is 37.0 Å². The largest absolute Gasteiger partial charge is 0.376 e. The van der Waals surface area contributed by atoms with Gasteiger partial charge in [0.15, 0.2) is 0 Å². The van der Waals surface area contributed by atoms with Gasteiger partial charge in [-0.2, -0.15) is 5.10 Å². The molecule has 0 aromatic carbocycles. The second-order valence-corrected chi connectivity index (χ2v) is 4.82. The van der Waals surface area contributed by atoms with Gasteiger partial charge in [-0.3, -0.25) is 9.36 Å². The van der Waals surface area contributed by atoms with E-state index in [1.54, 1.807) is 4.68 Å². The third-order valence-corrected chi connectivity index (χ3v) is 2.91. The van der Waals surface area contributed by atoms with E-state index in [1.807, 2.05) is 24.9 Å². The lowest BCUT2D eigenvalue weighted by atomic mass is 10.3. The maximum absolute atomic E-state index is 4.54. The maximum atomic E-state index is 4.54. The van der Waals surface area contributed by atoms with Crippen molar-refractivity contribution in [2.45, 2.75) is 40.3 Å². The molecule has 0 aliphatic rings. The molecule has 18 heavy (non-hydrogen) atoms. The quantitative estimate of drug-likeness (QED) is 0.896. The maximum Gasteiger partial charge on any atom is 0.102 e. The van der Waals surface area contributed by atoms with Crippen LogP contribution in [-0.2, 0) is 13.6 Å². The molecule has 6 heteroatoms. The number of anilines is 1. The minimum Gasteiger partial charge on any atom is -0.376 e. The average Bonchev–Trinajstić information content (AvgIpc) is 2.82. The molecule has 0 unspecified atom stereocenters. The van der Waals surface area contributed by atoms with Crippen molar-refractivity contribution in [2.24, 2.45) is 7.05 Å². The van der Waals surface area contributed by atoms with Gasteiger partial charge in [0.1, 0.15) is 5.69 Å². The number of aryl methyl sites for hydroxylation is 2. The molecule has 0 fully saturated rings. The molecule has 2 rings (SSSR count). The number of hydrogen-bond donors (Lipinski definition) is 1. The summed E-state index contributed by atoms with van der Waals surface area (Å²) in [4.78, 5) is 0. The Balaban J connectivity index is 2.14. The van der Waals surface area contributed by atoms with E-state index in [0.717, 1.165) is 22.8 Å². The Morgan fingerprint density at radius 2 is 2.06 bits per heavy atom. The molecule has 98 valence electrons. The van der Waals surface area contributed by atoms with Crippen molar-refractivity contribution in [3.8, 4) is 0 Å². The molecule has 0 saturated heterocycles. The fraction of sp³-hybridized carbons (Fsp3) is 0.583. The van der Waals surface area contributed by atoms with Gasteiger partial charge in [0.25, 0.3) is 0 Å². The highest BCUT2D eigenvalue weighted by atomic mass is 15.4. The van der Waals surface area contributed by atoms with Gasteiger partial charge < -0.3 is 5.32 Å². The summed E-state index contributed by atoms with van der Waals surface area (Å²) >= 11 is 0. The molecule has 0 aliphatic carbocycles. The summed E-state index contributed by atoms with van der Waals surface area (Å²) in [5, 5.41) is 15.9. The van der Waals surface area contributed by atoms with Crippen molar-refractivity contribution < 1.29 is 0 Å². The predicted molar refractivity (Wildman–Crippen MR) is 70.4 cm³/mol. The molecule has 0 saturated carbocycles. The summed E-state index contributed by atoms with van der Waals surface area (Å²) in [7, 11) is 1.86. The van der Waals surface area contributed by atoms with Crippen LogP contribution in [0.25, 0.3) is 0 Å². The van der Waals surface area contributed by atoms with Gasteiger partial charge in [0, 0.05) is 19.3 Å². The van der Waals surface area contributed by atoms with Gasteiger partial charge in [-0.25, -0.2) is 0 Å². The van der Waals surface area contributed by atoms with E-state index in [4.69, 9.17) is 0 Å². The van der Waals surface area contributed by atoms with E-state index in [2.05, 4.69) is 41.5 Å². The van der Waals surface area contributed by atoms with E-state index in [0.29, 0.717) is 12.6 Å². The number of nitrogens with one attached hydrogen (secondary N) is 1. The third kappa shape index (κ3) is 2.37. The molecule has 0 radical (unpaired) electrons. The molecule has 2 aromatic rings. The van der Waals surface area contributed by atoms with Gasteiger partial charge in [-0.1, -0.05) is 5.21 Å². The molecule has 0 aliphatic heterocycles. The lowest BCUT2D eigenvalue weighted by molar-refractivity contribution is 0.516. The van der Waals surface area contributed by atoms with E-state index in [1.165, 1.54) is 0 Å². The average molecular weight is 248 g/mol. The molecule has 0 bridgehead atoms. The van der Waals surface area contributed by atoms with Crippen LogP contribution < -0.4 is 5.32 Å². The molecule has 0 atom stereocenters. The normalized spacial score (nSPS) is 11.2. The Kier molecular flexibility index (Phi) is 3.36. The smallest absolute Gasteiger partial charge is 0.102 e. The number of hydrogen-bond acceptors (Lipinski definition) is 4. The zero-order valence-corrected chi connectivity index (χ0v) is 11.6. The Hall–Kier alpha value is -1.85. The predicted octanol–water partition coefficient (Wildman–Crippen LogP) is 1.82. The Morgan fingerprint density at radius 3 is 2.56 bits per heavy atom. The minimum atomic E-state index is 0.371. The van der Waals surface area contributed by atoms with Gasteiger partial charge in [0.05, 0.1) is 23.6 Å². The molecule has 0 spiro atoms. The molecule has 2 aromatic heterocycles. The molecular weight excluding hydrogens is 228 g/mol. The van der Waals surface area contributed by atoms with Crippen LogP contribution in [-0.4, -0.2) is 24.8 Å². The van der Waals surface area contributed by atoms with Crippen molar-refractivity contribution in [3.05, 3.63) is 23.3 Å². The Bertz CT molecular complexity index is 537. The van der Waals surface area contributed by atoms with E-state index in [-0.39, 0.29) is 0 Å². The van der Waals surface area contributed by atoms with E-state index < -0.39 is 0 Å². The van der Waals surface area contributed by atoms with Crippen molar-refractivity contribution in [1.82, 2.24) is 24.8 Å². The summed E-state index contributed by atoms with van der Waals surface area (Å²) in [5.41, 5.74) is 4.19. The van der Waals surface area contributed by atoms with Crippen LogP contribution in [0.15, 0.2) is 6.20 Å². The molecule has 1 N–H and O–H groups in total. The van der Waals surface area contributed by atoms with Crippen LogP contribution in [0.5, 0.6) is 0 Å². The zero-order chi connectivity index (χ0) is 13.3. The summed E-state index contributed by atoms with van der Waals surface area (Å²) < 4.78 is 3.74. The van der Waals surface area contributed by atoms with Crippen LogP contribution in [0, 0.1) is 13.8 Å². The lowest BCUT2D eigenvalue weighted by Crippen LogP contribution is -2.06. The lowest BCUT2D eigenvalue weighted by Gasteiger charge is -2.09. The molecule has 0 amide bonds. The number of aromatic nitrogens is 5. The first-order valence-corrected chi connectivity index (χ1v) is 6.13. The van der Waals surface area contributed by atoms with Crippen LogP contribution >= 0.6 is 0 Å². The first-order chi connectivity index (χ1) is 8.49. The molecule has 2 heterocycles. The highest BCUT2D eigenvalue weighted by molar-refractivity contribution is 5.52. The van der Waals surface area contributed by atoms with Gasteiger partial charge >= 0.3 is 0 Å². The monoisotopic (exact) mass is 248 g/mol. The summed E-state index contributed by atoms with van der Waals surface area (Å²) in [6.07, 6.45) is 1.91. The minimum absolute atomic E-state index is 0.371. The first-order valence-electron chi connectivity index (χ1n) is 6.13. The van der Waals surface area contributed by atoms with Crippen molar-refractivity contribution in [3.63, 3.8) is 0 Å². The second kappa shape index (κ2) is 4.80. The van der Waals surface area contributed by atoms with Gasteiger partial charge in [-0.15, -0.1) is 5.10 Å². The fourth-order valence-electron chi connectivity index (χ4n) is 2.08. The van der Waals surface area contributed by atoms with Crippen molar-refractivity contribution in [1.29, 1.82) is 0 Å². The van der Waals surface area contributed by atoms with Crippen molar-refractivity contribution in [2.75, 3.05) is 5.32 Å². The fourth-order valence-corrected chi connectivity index (χ4v) is 2.08. The SMILES string of the molecule is Cc1nn(C(C)C)c(C)c1NCc1cn(C)nn1.